The Morgan fingerprint density at radius 1 is 1.26 bits per heavy atom. The lowest BCUT2D eigenvalue weighted by molar-refractivity contribution is 0.0691. The first-order valence-electron chi connectivity index (χ1n) is 6.56. The van der Waals surface area contributed by atoms with Gasteiger partial charge in [-0.25, -0.2) is 9.18 Å². The highest BCUT2D eigenvalue weighted by atomic mass is 19.1. The van der Waals surface area contributed by atoms with Gasteiger partial charge in [-0.2, -0.15) is 5.26 Å². The number of aromatic nitrogens is 1. The molecule has 1 N–H and O–H groups in total. The van der Waals surface area contributed by atoms with Crippen molar-refractivity contribution in [1.82, 2.24) is 4.98 Å². The zero-order valence-electron chi connectivity index (χ0n) is 11.7. The third kappa shape index (κ3) is 2.68. The lowest BCUT2D eigenvalue weighted by Gasteiger charge is -2.06. The van der Waals surface area contributed by atoms with Crippen LogP contribution in [0, 0.1) is 17.1 Å². The van der Waals surface area contributed by atoms with Gasteiger partial charge in [-0.15, -0.1) is 0 Å². The Hall–Kier alpha value is -3.46. The molecule has 0 saturated heterocycles. The van der Waals surface area contributed by atoms with E-state index in [1.807, 2.05) is 0 Å². The van der Waals surface area contributed by atoms with Gasteiger partial charge in [0, 0.05) is 16.7 Å². The van der Waals surface area contributed by atoms with Crippen molar-refractivity contribution in [3.8, 4) is 28.5 Å². The summed E-state index contributed by atoms with van der Waals surface area (Å²) in [6.45, 7) is 0. The van der Waals surface area contributed by atoms with E-state index in [0.29, 0.717) is 16.7 Å². The number of carbonyl (C=O) groups is 1. The fourth-order valence-corrected chi connectivity index (χ4v) is 2.23. The average molecular weight is 308 g/mol. The molecule has 5 nitrogen and oxygen atoms in total. The van der Waals surface area contributed by atoms with Gasteiger partial charge in [0.2, 0.25) is 0 Å². The Morgan fingerprint density at radius 3 is 2.74 bits per heavy atom. The average Bonchev–Trinajstić information content (AvgIpc) is 3.08. The zero-order valence-corrected chi connectivity index (χ0v) is 11.7. The first kappa shape index (κ1) is 14.5. The quantitative estimate of drug-likeness (QED) is 0.796. The van der Waals surface area contributed by atoms with Crippen molar-refractivity contribution in [2.75, 3.05) is 0 Å². The molecule has 0 fully saturated rings. The van der Waals surface area contributed by atoms with Gasteiger partial charge < -0.3 is 9.52 Å². The number of pyridine rings is 1. The number of carboxylic acid groups (broad SMARTS) is 1. The highest BCUT2D eigenvalue weighted by Crippen LogP contribution is 2.28. The Balaban J connectivity index is 2.10. The number of halogens is 1. The van der Waals surface area contributed by atoms with Crippen molar-refractivity contribution in [3.63, 3.8) is 0 Å². The number of benzene rings is 1. The number of carboxylic acids is 1. The van der Waals surface area contributed by atoms with Gasteiger partial charge in [0.1, 0.15) is 0 Å². The van der Waals surface area contributed by atoms with E-state index in [0.717, 1.165) is 17.8 Å². The summed E-state index contributed by atoms with van der Waals surface area (Å²) in [4.78, 5) is 14.9. The molecule has 0 amide bonds. The van der Waals surface area contributed by atoms with Crippen molar-refractivity contribution in [2.45, 2.75) is 0 Å². The van der Waals surface area contributed by atoms with Crippen LogP contribution in [0.1, 0.15) is 15.9 Å². The van der Waals surface area contributed by atoms with Crippen LogP contribution < -0.4 is 0 Å². The van der Waals surface area contributed by atoms with Gasteiger partial charge in [-0.1, -0.05) is 12.1 Å². The number of rotatable bonds is 3. The first-order chi connectivity index (χ1) is 11.1. The minimum Gasteiger partial charge on any atom is -0.478 e. The number of aromatic carboxylic acids is 1. The standard InChI is InChI=1S/C17H9FN2O3/c18-15-8-20-16(6-14(15)17(21)22)10-1-2-13(12(5-10)7-19)11-3-4-23-9-11/h1-6,8-9H,(H,21,22). The molecular weight excluding hydrogens is 299 g/mol. The second-order valence-corrected chi connectivity index (χ2v) is 4.74. The molecule has 0 atom stereocenters. The van der Waals surface area contributed by atoms with Crippen LogP contribution in [0.25, 0.3) is 22.4 Å². The second kappa shape index (κ2) is 5.73. The van der Waals surface area contributed by atoms with Gasteiger partial charge in [-0.05, 0) is 18.2 Å². The normalized spacial score (nSPS) is 10.3. The second-order valence-electron chi connectivity index (χ2n) is 4.74. The maximum Gasteiger partial charge on any atom is 0.338 e. The number of hydrogen-bond donors (Lipinski definition) is 1. The van der Waals surface area contributed by atoms with E-state index in [2.05, 4.69) is 11.1 Å². The molecule has 2 aromatic heterocycles. The van der Waals surface area contributed by atoms with Crippen LogP contribution in [0.5, 0.6) is 0 Å². The van der Waals surface area contributed by atoms with Crippen LogP contribution in [0.4, 0.5) is 4.39 Å². The molecule has 2 heterocycles. The predicted octanol–water partition coefficient (Wildman–Crippen LogP) is 3.72. The summed E-state index contributed by atoms with van der Waals surface area (Å²) in [7, 11) is 0. The van der Waals surface area contributed by atoms with Crippen LogP contribution in [-0.4, -0.2) is 16.1 Å². The summed E-state index contributed by atoms with van der Waals surface area (Å²) in [5, 5.41) is 18.3. The van der Waals surface area contributed by atoms with Gasteiger partial charge in [-0.3, -0.25) is 4.98 Å². The topological polar surface area (TPSA) is 87.1 Å². The van der Waals surface area contributed by atoms with E-state index in [4.69, 9.17) is 9.52 Å². The molecule has 0 aliphatic rings. The largest absolute Gasteiger partial charge is 0.478 e. The van der Waals surface area contributed by atoms with Crippen LogP contribution in [0.2, 0.25) is 0 Å². The molecular formula is C17H9FN2O3. The summed E-state index contributed by atoms with van der Waals surface area (Å²) in [6.07, 6.45) is 3.88. The van der Waals surface area contributed by atoms with Crippen molar-refractivity contribution in [2.24, 2.45) is 0 Å². The first-order valence-corrected chi connectivity index (χ1v) is 6.56. The SMILES string of the molecule is N#Cc1cc(-c2cc(C(=O)O)c(F)cn2)ccc1-c1ccoc1. The van der Waals surface area contributed by atoms with Crippen LogP contribution >= 0.6 is 0 Å². The Morgan fingerprint density at radius 2 is 2.09 bits per heavy atom. The van der Waals surface area contributed by atoms with E-state index < -0.39 is 17.3 Å². The molecule has 0 unspecified atom stereocenters. The van der Waals surface area contributed by atoms with Crippen molar-refractivity contribution < 1.29 is 18.7 Å². The van der Waals surface area contributed by atoms with Crippen LogP contribution in [0.15, 0.2) is 53.5 Å². The van der Waals surface area contributed by atoms with E-state index in [-0.39, 0.29) is 5.69 Å². The molecule has 0 aliphatic carbocycles. The van der Waals surface area contributed by atoms with Crippen molar-refractivity contribution in [1.29, 1.82) is 5.26 Å². The van der Waals surface area contributed by atoms with Gasteiger partial charge >= 0.3 is 5.97 Å². The molecule has 0 aliphatic heterocycles. The molecule has 0 saturated carbocycles. The maximum absolute atomic E-state index is 13.4. The van der Waals surface area contributed by atoms with Crippen LogP contribution in [0.3, 0.4) is 0 Å². The monoisotopic (exact) mass is 308 g/mol. The minimum absolute atomic E-state index is 0.277. The zero-order chi connectivity index (χ0) is 16.4. The summed E-state index contributed by atoms with van der Waals surface area (Å²) in [5.74, 6) is -2.28. The molecule has 0 bridgehead atoms. The third-order valence-electron chi connectivity index (χ3n) is 3.35. The summed E-state index contributed by atoms with van der Waals surface area (Å²) < 4.78 is 18.4. The minimum atomic E-state index is -1.37. The van der Waals surface area contributed by atoms with Gasteiger partial charge in [0.05, 0.1) is 41.6 Å². The van der Waals surface area contributed by atoms with Gasteiger partial charge in [0.25, 0.3) is 0 Å². The number of nitriles is 1. The third-order valence-corrected chi connectivity index (χ3v) is 3.35. The number of furan rings is 1. The highest BCUT2D eigenvalue weighted by molar-refractivity contribution is 5.89. The highest BCUT2D eigenvalue weighted by Gasteiger charge is 2.14. The molecule has 23 heavy (non-hydrogen) atoms. The van der Waals surface area contributed by atoms with E-state index >= 15 is 0 Å². The van der Waals surface area contributed by atoms with Crippen LogP contribution in [-0.2, 0) is 0 Å². The molecule has 1 aromatic carbocycles. The van der Waals surface area contributed by atoms with Crippen molar-refractivity contribution in [3.05, 3.63) is 66.0 Å². The summed E-state index contributed by atoms with van der Waals surface area (Å²) >= 11 is 0. The molecule has 0 spiro atoms. The number of hydrogen-bond acceptors (Lipinski definition) is 4. The Labute approximate surface area is 130 Å². The Kier molecular flexibility index (Phi) is 3.61. The predicted molar refractivity (Wildman–Crippen MR) is 79.0 cm³/mol. The molecule has 0 radical (unpaired) electrons. The smallest absolute Gasteiger partial charge is 0.338 e. The summed E-state index contributed by atoms with van der Waals surface area (Å²) in [5.41, 5.74) is 2.16. The fourth-order valence-electron chi connectivity index (χ4n) is 2.23. The lowest BCUT2D eigenvalue weighted by atomic mass is 9.98. The van der Waals surface area contributed by atoms with Crippen molar-refractivity contribution >= 4 is 5.97 Å². The molecule has 3 rings (SSSR count). The maximum atomic E-state index is 13.4. The van der Waals surface area contributed by atoms with E-state index in [9.17, 15) is 14.4 Å². The Bertz CT molecular complexity index is 928. The van der Waals surface area contributed by atoms with Gasteiger partial charge in [0.15, 0.2) is 5.82 Å². The van der Waals surface area contributed by atoms with E-state index in [1.54, 1.807) is 24.3 Å². The fraction of sp³-hybridized carbons (Fsp3) is 0. The lowest BCUT2D eigenvalue weighted by Crippen LogP contribution is -2.02. The summed E-state index contributed by atoms with van der Waals surface area (Å²) in [6, 6.07) is 9.94. The van der Waals surface area contributed by atoms with E-state index in [1.165, 1.54) is 12.5 Å². The molecule has 112 valence electrons. The number of nitrogens with zero attached hydrogens (tertiary/aromatic N) is 2. The molecule has 3 aromatic rings. The molecule has 6 heteroatoms.